The van der Waals surface area contributed by atoms with Crippen molar-refractivity contribution in [3.63, 3.8) is 0 Å². The molecule has 0 saturated carbocycles. The summed E-state index contributed by atoms with van der Waals surface area (Å²) < 4.78 is 46.6. The summed E-state index contributed by atoms with van der Waals surface area (Å²) in [6.07, 6.45) is 2.83. The second-order valence-electron chi connectivity index (χ2n) is 15.2. The molecule has 4 atom stereocenters. The Morgan fingerprint density at radius 2 is 1.87 bits per heavy atom. The van der Waals surface area contributed by atoms with Crippen LogP contribution < -0.4 is 20.1 Å². The molecule has 12 nitrogen and oxygen atoms in total. The maximum Gasteiger partial charge on any atom is 0.192 e. The number of hydrogen-bond donors (Lipinski definition) is 2. The van der Waals surface area contributed by atoms with Crippen LogP contribution in [0.1, 0.15) is 43.9 Å². The number of pyridine rings is 1. The van der Waals surface area contributed by atoms with E-state index in [1.807, 2.05) is 56.8 Å². The van der Waals surface area contributed by atoms with Gasteiger partial charge in [0.05, 0.1) is 41.6 Å². The number of thiophene rings is 1. The molecule has 0 spiro atoms. The van der Waals surface area contributed by atoms with Crippen LogP contribution in [0.3, 0.4) is 0 Å². The second kappa shape index (κ2) is 14.9. The standard InChI is InChI=1S/C39H49FN8O4SSi/c1-39(2,3)54(8,9)52-35-29(13-12-25-19-28-31(53-25)14-15-32(41-4)45-28)51-38(34(35)40)48-21-26(27-16-17-47(5)46-27)33-36(43-22-44-37(33)48)42-20-23-10-11-24(49-6)18-30(23)50-7/h10-11,14-19,21-22,29,34-35,38H,12-13,20H2,1-9H3,(H,41,45)(H,42,43,44)/t29-,34+,35-,38-/m1/s1. The third-order valence-corrected chi connectivity index (χ3v) is 16.3. The molecule has 7 rings (SSSR count). The van der Waals surface area contributed by atoms with Crippen LogP contribution >= 0.6 is 11.3 Å². The van der Waals surface area contributed by atoms with Gasteiger partial charge in [0.15, 0.2) is 20.7 Å². The number of nitrogens with zero attached hydrogens (tertiary/aromatic N) is 6. The quantitative estimate of drug-likeness (QED) is 0.111. The van der Waals surface area contributed by atoms with Gasteiger partial charge in [-0.1, -0.05) is 20.8 Å². The first-order valence-corrected chi connectivity index (χ1v) is 21.9. The van der Waals surface area contributed by atoms with E-state index >= 15 is 4.39 Å². The maximum atomic E-state index is 17.3. The third-order valence-electron chi connectivity index (χ3n) is 10.7. The smallest absolute Gasteiger partial charge is 0.192 e. The molecule has 6 heterocycles. The van der Waals surface area contributed by atoms with Gasteiger partial charge in [-0.25, -0.2) is 19.3 Å². The van der Waals surface area contributed by atoms with Crippen LogP contribution in [0.4, 0.5) is 16.0 Å². The van der Waals surface area contributed by atoms with E-state index in [0.29, 0.717) is 53.4 Å². The van der Waals surface area contributed by atoms with Gasteiger partial charge in [-0.2, -0.15) is 5.10 Å². The lowest BCUT2D eigenvalue weighted by molar-refractivity contribution is -0.0243. The van der Waals surface area contributed by atoms with Crippen molar-refractivity contribution in [2.75, 3.05) is 31.9 Å². The highest BCUT2D eigenvalue weighted by Crippen LogP contribution is 2.45. The van der Waals surface area contributed by atoms with Crippen LogP contribution in [-0.4, -0.2) is 77.3 Å². The van der Waals surface area contributed by atoms with E-state index in [2.05, 4.69) is 61.6 Å². The molecule has 286 valence electrons. The molecule has 0 bridgehead atoms. The lowest BCUT2D eigenvalue weighted by Gasteiger charge is -2.39. The largest absolute Gasteiger partial charge is 0.497 e. The summed E-state index contributed by atoms with van der Waals surface area (Å²) in [7, 11) is 4.58. The van der Waals surface area contributed by atoms with Crippen molar-refractivity contribution in [2.45, 2.75) is 82.9 Å². The number of alkyl halides is 1. The predicted molar refractivity (Wildman–Crippen MR) is 215 cm³/mol. The molecule has 1 aliphatic rings. The summed E-state index contributed by atoms with van der Waals surface area (Å²) in [5.41, 5.74) is 3.86. The average Bonchev–Trinajstić information content (AvgIpc) is 3.93. The number of hydrogen-bond acceptors (Lipinski definition) is 11. The van der Waals surface area contributed by atoms with E-state index in [1.165, 1.54) is 11.2 Å². The van der Waals surface area contributed by atoms with E-state index in [1.54, 1.807) is 34.8 Å². The van der Waals surface area contributed by atoms with Gasteiger partial charge in [0.25, 0.3) is 0 Å². The van der Waals surface area contributed by atoms with Gasteiger partial charge in [0.1, 0.15) is 41.2 Å². The maximum absolute atomic E-state index is 17.3. The SMILES string of the molecule is CNc1ccc2sc(CC[C@H]3O[C@@H](n4cc(-c5ccn(C)n5)c5c(NCc6ccc(OC)cc6OC)ncnc54)[C@@H](F)[C@@H]3O[Si](C)(C)C(C)(C)C)cc2n1. The van der Waals surface area contributed by atoms with E-state index < -0.39 is 32.9 Å². The zero-order chi connectivity index (χ0) is 38.4. The molecule has 2 N–H and O–H groups in total. The molecular formula is C39H49FN8O4SSi. The number of rotatable bonds is 13. The van der Waals surface area contributed by atoms with Crippen molar-refractivity contribution < 1.29 is 23.0 Å². The van der Waals surface area contributed by atoms with Crippen LogP contribution in [0.15, 0.2) is 61.2 Å². The number of halogens is 1. The van der Waals surface area contributed by atoms with Crippen LogP contribution in [0, 0.1) is 0 Å². The highest BCUT2D eigenvalue weighted by atomic mass is 32.1. The van der Waals surface area contributed by atoms with E-state index in [9.17, 15) is 0 Å². The summed E-state index contributed by atoms with van der Waals surface area (Å²) in [4.78, 5) is 15.3. The zero-order valence-electron chi connectivity index (χ0n) is 32.3. The van der Waals surface area contributed by atoms with Crippen LogP contribution in [-0.2, 0) is 29.2 Å². The Balaban J connectivity index is 1.25. The number of aryl methyl sites for hydroxylation is 2. The van der Waals surface area contributed by atoms with Gasteiger partial charge in [-0.15, -0.1) is 11.3 Å². The fourth-order valence-corrected chi connectivity index (χ4v) is 9.01. The minimum atomic E-state index is -2.40. The van der Waals surface area contributed by atoms with Crippen molar-refractivity contribution in [3.8, 4) is 22.8 Å². The lowest BCUT2D eigenvalue weighted by Crippen LogP contribution is -2.48. The normalized spacial score (nSPS) is 19.1. The van der Waals surface area contributed by atoms with Crippen molar-refractivity contribution in [1.29, 1.82) is 0 Å². The summed E-state index contributed by atoms with van der Waals surface area (Å²) >= 11 is 1.71. The summed E-state index contributed by atoms with van der Waals surface area (Å²) in [6, 6.07) is 13.8. The van der Waals surface area contributed by atoms with E-state index in [-0.39, 0.29) is 5.04 Å². The number of aromatic nitrogens is 6. The topological polar surface area (TPSA) is 122 Å². The molecule has 54 heavy (non-hydrogen) atoms. The minimum Gasteiger partial charge on any atom is -0.497 e. The Labute approximate surface area is 320 Å². The molecule has 6 aromatic rings. The molecule has 0 unspecified atom stereocenters. The Morgan fingerprint density at radius 1 is 1.06 bits per heavy atom. The second-order valence-corrected chi connectivity index (χ2v) is 21.1. The minimum absolute atomic E-state index is 0.121. The summed E-state index contributed by atoms with van der Waals surface area (Å²) in [5.74, 6) is 2.78. The van der Waals surface area contributed by atoms with Crippen molar-refractivity contribution in [3.05, 3.63) is 71.6 Å². The van der Waals surface area contributed by atoms with E-state index in [4.69, 9.17) is 33.7 Å². The molecule has 1 saturated heterocycles. The molecule has 15 heteroatoms. The van der Waals surface area contributed by atoms with Crippen molar-refractivity contribution >= 4 is 52.5 Å². The Hall–Kier alpha value is -4.57. The highest BCUT2D eigenvalue weighted by Gasteiger charge is 2.51. The van der Waals surface area contributed by atoms with Crippen molar-refractivity contribution in [2.24, 2.45) is 7.05 Å². The monoisotopic (exact) mass is 772 g/mol. The van der Waals surface area contributed by atoms with Crippen LogP contribution in [0.2, 0.25) is 18.1 Å². The van der Waals surface area contributed by atoms with Crippen LogP contribution in [0.5, 0.6) is 11.5 Å². The van der Waals surface area contributed by atoms with Gasteiger partial charge >= 0.3 is 0 Å². The first kappa shape index (κ1) is 37.7. The summed E-state index contributed by atoms with van der Waals surface area (Å²) in [6.45, 7) is 11.2. The van der Waals surface area contributed by atoms with Crippen molar-refractivity contribution in [1.82, 2.24) is 29.3 Å². The number of anilines is 2. The summed E-state index contributed by atoms with van der Waals surface area (Å²) in [5, 5.41) is 11.9. The Morgan fingerprint density at radius 3 is 2.57 bits per heavy atom. The molecule has 0 radical (unpaired) electrons. The Bertz CT molecular complexity index is 2270. The number of methoxy groups -OCH3 is 2. The molecular weight excluding hydrogens is 724 g/mol. The van der Waals surface area contributed by atoms with Gasteiger partial charge in [0, 0.05) is 55.1 Å². The van der Waals surface area contributed by atoms with Gasteiger partial charge in [0.2, 0.25) is 0 Å². The molecule has 1 fully saturated rings. The van der Waals surface area contributed by atoms with E-state index in [0.717, 1.165) is 27.2 Å². The Kier molecular flexibility index (Phi) is 10.4. The number of benzene rings is 1. The average molecular weight is 773 g/mol. The van der Waals surface area contributed by atoms with Crippen LogP contribution in [0.25, 0.3) is 32.5 Å². The zero-order valence-corrected chi connectivity index (χ0v) is 34.1. The fraction of sp³-hybridized carbons (Fsp3) is 0.436. The number of ether oxygens (including phenoxy) is 3. The molecule has 1 aliphatic heterocycles. The lowest BCUT2D eigenvalue weighted by atomic mass is 10.1. The van der Waals surface area contributed by atoms with Gasteiger partial charge in [-0.05, 0) is 67.4 Å². The number of fused-ring (bicyclic) bond motifs is 2. The first-order valence-electron chi connectivity index (χ1n) is 18.1. The molecule has 1 aromatic carbocycles. The molecule has 0 amide bonds. The van der Waals surface area contributed by atoms with Gasteiger partial charge in [-0.3, -0.25) is 4.68 Å². The first-order chi connectivity index (χ1) is 25.8. The fourth-order valence-electron chi connectivity index (χ4n) is 6.67. The molecule has 0 aliphatic carbocycles. The highest BCUT2D eigenvalue weighted by molar-refractivity contribution is 7.19. The third kappa shape index (κ3) is 7.29. The molecule has 5 aromatic heterocycles. The van der Waals surface area contributed by atoms with Gasteiger partial charge < -0.3 is 33.8 Å². The number of nitrogens with one attached hydrogen (secondary N) is 2. The predicted octanol–water partition coefficient (Wildman–Crippen LogP) is 8.37.